The molecule has 2 amide bonds. The maximum Gasteiger partial charge on any atom is 0.247 e. The standard InChI is InChI=1S/C20H27N5O2/c1-5-24(15-18(26)21-20(2,3)4)19(27)12-11-17-14-25(23-22-17)13-16-9-7-6-8-10-16/h6-12,14H,5,13,15H2,1-4H3,(H,21,26)/b12-11+. The van der Waals surface area contributed by atoms with Crippen LogP contribution in [0.5, 0.6) is 0 Å². The predicted octanol–water partition coefficient (Wildman–Crippen LogP) is 2.10. The summed E-state index contributed by atoms with van der Waals surface area (Å²) in [5.41, 5.74) is 1.39. The van der Waals surface area contributed by atoms with Crippen molar-refractivity contribution in [3.63, 3.8) is 0 Å². The lowest BCUT2D eigenvalue weighted by Crippen LogP contribution is -2.47. The maximum atomic E-state index is 12.4. The number of aromatic nitrogens is 3. The van der Waals surface area contributed by atoms with Gasteiger partial charge in [-0.1, -0.05) is 35.5 Å². The summed E-state index contributed by atoms with van der Waals surface area (Å²) >= 11 is 0. The molecule has 0 aliphatic carbocycles. The summed E-state index contributed by atoms with van der Waals surface area (Å²) in [6, 6.07) is 9.94. The van der Waals surface area contributed by atoms with E-state index in [1.165, 1.54) is 11.0 Å². The molecule has 0 saturated heterocycles. The summed E-state index contributed by atoms with van der Waals surface area (Å²) in [5.74, 6) is -0.418. The van der Waals surface area contributed by atoms with Gasteiger partial charge in [-0.25, -0.2) is 4.68 Å². The zero-order valence-electron chi connectivity index (χ0n) is 16.3. The smallest absolute Gasteiger partial charge is 0.247 e. The third-order valence-corrected chi connectivity index (χ3v) is 3.68. The number of hydrogen-bond acceptors (Lipinski definition) is 4. The molecule has 0 aliphatic rings. The first-order chi connectivity index (χ1) is 12.8. The minimum Gasteiger partial charge on any atom is -0.350 e. The molecular formula is C20H27N5O2. The van der Waals surface area contributed by atoms with Gasteiger partial charge in [-0.15, -0.1) is 5.10 Å². The molecular weight excluding hydrogens is 342 g/mol. The molecule has 0 saturated carbocycles. The lowest BCUT2D eigenvalue weighted by Gasteiger charge is -2.24. The highest BCUT2D eigenvalue weighted by Crippen LogP contribution is 2.04. The molecule has 0 radical (unpaired) electrons. The highest BCUT2D eigenvalue weighted by Gasteiger charge is 2.18. The van der Waals surface area contributed by atoms with Crippen molar-refractivity contribution in [1.29, 1.82) is 0 Å². The van der Waals surface area contributed by atoms with Crippen molar-refractivity contribution >= 4 is 17.9 Å². The summed E-state index contributed by atoms with van der Waals surface area (Å²) in [6.07, 6.45) is 4.81. The van der Waals surface area contributed by atoms with E-state index in [4.69, 9.17) is 0 Å². The number of nitrogens with zero attached hydrogens (tertiary/aromatic N) is 4. The van der Waals surface area contributed by atoms with Gasteiger partial charge in [-0.3, -0.25) is 9.59 Å². The Bertz CT molecular complexity index is 790. The van der Waals surface area contributed by atoms with Crippen LogP contribution in [0.4, 0.5) is 0 Å². The molecule has 0 unspecified atom stereocenters. The van der Waals surface area contributed by atoms with Gasteiger partial charge < -0.3 is 10.2 Å². The molecule has 7 heteroatoms. The van der Waals surface area contributed by atoms with E-state index in [9.17, 15) is 9.59 Å². The van der Waals surface area contributed by atoms with Crippen LogP contribution in [0, 0.1) is 0 Å². The van der Waals surface area contributed by atoms with Crippen molar-refractivity contribution in [2.24, 2.45) is 0 Å². The first-order valence-corrected chi connectivity index (χ1v) is 8.99. The van der Waals surface area contributed by atoms with E-state index >= 15 is 0 Å². The van der Waals surface area contributed by atoms with Gasteiger partial charge in [-0.2, -0.15) is 0 Å². The first-order valence-electron chi connectivity index (χ1n) is 8.99. The summed E-state index contributed by atoms with van der Waals surface area (Å²) in [5, 5.41) is 11.0. The number of amides is 2. The van der Waals surface area contributed by atoms with Crippen LogP contribution >= 0.6 is 0 Å². The van der Waals surface area contributed by atoms with Gasteiger partial charge in [0.05, 0.1) is 19.3 Å². The second-order valence-corrected chi connectivity index (χ2v) is 7.31. The zero-order valence-corrected chi connectivity index (χ0v) is 16.3. The molecule has 1 N–H and O–H groups in total. The van der Waals surface area contributed by atoms with Crippen LogP contribution < -0.4 is 5.32 Å². The fourth-order valence-electron chi connectivity index (χ4n) is 2.48. The molecule has 0 atom stereocenters. The number of rotatable bonds is 7. The monoisotopic (exact) mass is 369 g/mol. The van der Waals surface area contributed by atoms with E-state index in [2.05, 4.69) is 15.6 Å². The van der Waals surface area contributed by atoms with Crippen LogP contribution in [0.25, 0.3) is 6.08 Å². The topological polar surface area (TPSA) is 80.1 Å². The van der Waals surface area contributed by atoms with E-state index in [1.807, 2.05) is 58.0 Å². The summed E-state index contributed by atoms with van der Waals surface area (Å²) < 4.78 is 1.72. The minimum absolute atomic E-state index is 0.0254. The Hall–Kier alpha value is -2.96. The van der Waals surface area contributed by atoms with Crippen LogP contribution in [0.15, 0.2) is 42.6 Å². The molecule has 27 heavy (non-hydrogen) atoms. The van der Waals surface area contributed by atoms with Crippen molar-refractivity contribution in [3.8, 4) is 0 Å². The van der Waals surface area contributed by atoms with Gasteiger partial charge in [-0.05, 0) is 39.3 Å². The number of carbonyl (C=O) groups is 2. The van der Waals surface area contributed by atoms with E-state index < -0.39 is 0 Å². The molecule has 7 nitrogen and oxygen atoms in total. The van der Waals surface area contributed by atoms with Crippen molar-refractivity contribution in [2.75, 3.05) is 13.1 Å². The van der Waals surface area contributed by atoms with Crippen LogP contribution in [-0.4, -0.2) is 50.3 Å². The second kappa shape index (κ2) is 9.12. The van der Waals surface area contributed by atoms with Gasteiger partial charge >= 0.3 is 0 Å². The molecule has 1 heterocycles. The molecule has 0 aliphatic heterocycles. The molecule has 0 fully saturated rings. The Balaban J connectivity index is 1.93. The SMILES string of the molecule is CCN(CC(=O)NC(C)(C)C)C(=O)/C=C/c1cn(Cc2ccccc2)nn1. The number of likely N-dealkylation sites (N-methyl/N-ethyl adjacent to an activating group) is 1. The van der Waals surface area contributed by atoms with Crippen molar-refractivity contribution in [3.05, 3.63) is 53.9 Å². The summed E-state index contributed by atoms with van der Waals surface area (Å²) in [6.45, 7) is 8.64. The zero-order chi connectivity index (χ0) is 19.9. The van der Waals surface area contributed by atoms with E-state index in [0.29, 0.717) is 18.8 Å². The molecule has 1 aromatic heterocycles. The van der Waals surface area contributed by atoms with Crippen molar-refractivity contribution < 1.29 is 9.59 Å². The number of carbonyl (C=O) groups excluding carboxylic acids is 2. The number of hydrogen-bond donors (Lipinski definition) is 1. The molecule has 144 valence electrons. The molecule has 1 aromatic carbocycles. The highest BCUT2D eigenvalue weighted by atomic mass is 16.2. The van der Waals surface area contributed by atoms with Crippen molar-refractivity contribution in [1.82, 2.24) is 25.2 Å². The Morgan fingerprint density at radius 3 is 2.56 bits per heavy atom. The number of nitrogens with one attached hydrogen (secondary N) is 1. The Labute approximate surface area is 160 Å². The summed E-state index contributed by atoms with van der Waals surface area (Å²) in [4.78, 5) is 25.9. The van der Waals surface area contributed by atoms with Gasteiger partial charge in [0.1, 0.15) is 5.69 Å². The normalized spacial score (nSPS) is 11.6. The Morgan fingerprint density at radius 1 is 1.22 bits per heavy atom. The van der Waals surface area contributed by atoms with Crippen LogP contribution in [0.2, 0.25) is 0 Å². The largest absolute Gasteiger partial charge is 0.350 e. The van der Waals surface area contributed by atoms with Gasteiger partial charge in [0.15, 0.2) is 0 Å². The first kappa shape index (κ1) is 20.4. The Kier molecular flexibility index (Phi) is 6.87. The van der Waals surface area contributed by atoms with Gasteiger partial charge in [0, 0.05) is 18.2 Å². The minimum atomic E-state index is -0.327. The van der Waals surface area contributed by atoms with Crippen molar-refractivity contribution in [2.45, 2.75) is 39.8 Å². The molecule has 0 spiro atoms. The Morgan fingerprint density at radius 2 is 1.93 bits per heavy atom. The van der Waals surface area contributed by atoms with Crippen LogP contribution in [0.1, 0.15) is 39.0 Å². The lowest BCUT2D eigenvalue weighted by atomic mass is 10.1. The van der Waals surface area contributed by atoms with Crippen LogP contribution in [-0.2, 0) is 16.1 Å². The van der Waals surface area contributed by atoms with Gasteiger partial charge in [0.25, 0.3) is 0 Å². The predicted molar refractivity (Wildman–Crippen MR) is 105 cm³/mol. The van der Waals surface area contributed by atoms with Crippen LogP contribution in [0.3, 0.4) is 0 Å². The maximum absolute atomic E-state index is 12.4. The highest BCUT2D eigenvalue weighted by molar-refractivity contribution is 5.94. The third-order valence-electron chi connectivity index (χ3n) is 3.68. The van der Waals surface area contributed by atoms with E-state index in [-0.39, 0.29) is 23.9 Å². The molecule has 2 rings (SSSR count). The fourth-order valence-corrected chi connectivity index (χ4v) is 2.48. The third kappa shape index (κ3) is 7.05. The van der Waals surface area contributed by atoms with E-state index in [1.54, 1.807) is 17.0 Å². The molecule has 2 aromatic rings. The fraction of sp³-hybridized carbons (Fsp3) is 0.400. The van der Waals surface area contributed by atoms with E-state index in [0.717, 1.165) is 5.56 Å². The second-order valence-electron chi connectivity index (χ2n) is 7.31. The quantitative estimate of drug-likeness (QED) is 0.758. The average Bonchev–Trinajstić information content (AvgIpc) is 3.04. The lowest BCUT2D eigenvalue weighted by molar-refractivity contribution is -0.132. The number of benzene rings is 1. The van der Waals surface area contributed by atoms with Gasteiger partial charge in [0.2, 0.25) is 11.8 Å². The molecule has 0 bridgehead atoms. The summed E-state index contributed by atoms with van der Waals surface area (Å²) in [7, 11) is 0. The average molecular weight is 369 g/mol.